The largest absolute Gasteiger partial charge is 0.495 e. The van der Waals surface area contributed by atoms with Gasteiger partial charge in [-0.05, 0) is 73.4 Å². The standard InChI is InChI=1S/C21H27NO3S/c1-4-19(18-12-8-5-9-15(18)2)22-26(23,24)21-14-17-11-7-6-10-16(17)13-20(21)25-3/h5,8-9,12-14,19,22H,4,6-7,10-11H2,1-3H3/t19-/m1/s1. The minimum absolute atomic E-state index is 0.243. The summed E-state index contributed by atoms with van der Waals surface area (Å²) in [5, 5.41) is 0. The molecule has 4 nitrogen and oxygen atoms in total. The molecule has 3 rings (SSSR count). The second-order valence-electron chi connectivity index (χ2n) is 6.92. The van der Waals surface area contributed by atoms with Gasteiger partial charge in [0.05, 0.1) is 7.11 Å². The highest BCUT2D eigenvalue weighted by Crippen LogP contribution is 2.33. The van der Waals surface area contributed by atoms with Crippen LogP contribution in [0.4, 0.5) is 0 Å². The summed E-state index contributed by atoms with van der Waals surface area (Å²) >= 11 is 0. The third kappa shape index (κ3) is 3.79. The number of ether oxygens (including phenoxy) is 1. The Balaban J connectivity index is 1.98. The number of fused-ring (bicyclic) bond motifs is 1. The van der Waals surface area contributed by atoms with Crippen molar-refractivity contribution >= 4 is 10.0 Å². The number of sulfonamides is 1. The van der Waals surface area contributed by atoms with Gasteiger partial charge >= 0.3 is 0 Å². The van der Waals surface area contributed by atoms with Crippen LogP contribution in [0.3, 0.4) is 0 Å². The van der Waals surface area contributed by atoms with Crippen molar-refractivity contribution in [3.05, 3.63) is 58.7 Å². The van der Waals surface area contributed by atoms with Gasteiger partial charge < -0.3 is 4.74 Å². The summed E-state index contributed by atoms with van der Waals surface area (Å²) in [6.45, 7) is 4.00. The normalized spacial score (nSPS) is 15.3. The minimum atomic E-state index is -3.69. The zero-order valence-electron chi connectivity index (χ0n) is 15.7. The second kappa shape index (κ2) is 7.80. The molecule has 26 heavy (non-hydrogen) atoms. The minimum Gasteiger partial charge on any atom is -0.495 e. The molecule has 1 atom stereocenters. The monoisotopic (exact) mass is 373 g/mol. The number of hydrogen-bond donors (Lipinski definition) is 1. The summed E-state index contributed by atoms with van der Waals surface area (Å²) in [6.07, 6.45) is 4.84. The Bertz CT molecular complexity index is 890. The first kappa shape index (κ1) is 18.9. The highest BCUT2D eigenvalue weighted by Gasteiger charge is 2.26. The maximum absolute atomic E-state index is 13.2. The maximum atomic E-state index is 13.2. The molecule has 0 fully saturated rings. The first-order chi connectivity index (χ1) is 12.5. The fourth-order valence-electron chi connectivity index (χ4n) is 3.71. The van der Waals surface area contributed by atoms with Crippen LogP contribution >= 0.6 is 0 Å². The van der Waals surface area contributed by atoms with Crippen molar-refractivity contribution in [2.45, 2.75) is 56.9 Å². The van der Waals surface area contributed by atoms with Crippen LogP contribution in [0, 0.1) is 6.92 Å². The predicted molar refractivity (Wildman–Crippen MR) is 104 cm³/mol. The van der Waals surface area contributed by atoms with Crippen LogP contribution in [0.1, 0.15) is 54.5 Å². The van der Waals surface area contributed by atoms with Gasteiger partial charge in [0, 0.05) is 6.04 Å². The number of nitrogens with one attached hydrogen (secondary N) is 1. The first-order valence-corrected chi connectivity index (χ1v) is 10.7. The van der Waals surface area contributed by atoms with Crippen LogP contribution in [-0.2, 0) is 22.9 Å². The van der Waals surface area contributed by atoms with Crippen LogP contribution in [0.25, 0.3) is 0 Å². The number of benzene rings is 2. The van der Waals surface area contributed by atoms with Gasteiger partial charge in [0.2, 0.25) is 10.0 Å². The van der Waals surface area contributed by atoms with Gasteiger partial charge in [-0.3, -0.25) is 0 Å². The van der Waals surface area contributed by atoms with Crippen molar-refractivity contribution in [3.63, 3.8) is 0 Å². The summed E-state index contributed by atoms with van der Waals surface area (Å²) in [6, 6.07) is 11.3. The van der Waals surface area contributed by atoms with E-state index in [0.717, 1.165) is 42.4 Å². The van der Waals surface area contributed by atoms with E-state index in [-0.39, 0.29) is 10.9 Å². The van der Waals surface area contributed by atoms with Crippen molar-refractivity contribution in [2.24, 2.45) is 0 Å². The summed E-state index contributed by atoms with van der Waals surface area (Å²) in [5.41, 5.74) is 4.43. The third-order valence-electron chi connectivity index (χ3n) is 5.19. The Morgan fingerprint density at radius 3 is 2.38 bits per heavy atom. The van der Waals surface area contributed by atoms with Gasteiger partial charge in [0.25, 0.3) is 0 Å². The first-order valence-electron chi connectivity index (χ1n) is 9.24. The van der Waals surface area contributed by atoms with Gasteiger partial charge in [-0.1, -0.05) is 31.2 Å². The van der Waals surface area contributed by atoms with E-state index in [4.69, 9.17) is 4.74 Å². The highest BCUT2D eigenvalue weighted by molar-refractivity contribution is 7.89. The molecule has 2 aromatic carbocycles. The van der Waals surface area contributed by atoms with Crippen molar-refractivity contribution in [1.82, 2.24) is 4.72 Å². The Kier molecular flexibility index (Phi) is 5.68. The topological polar surface area (TPSA) is 55.4 Å². The van der Waals surface area contributed by atoms with Gasteiger partial charge in [-0.15, -0.1) is 0 Å². The van der Waals surface area contributed by atoms with Crippen molar-refractivity contribution in [1.29, 1.82) is 0 Å². The molecule has 0 saturated carbocycles. The van der Waals surface area contributed by atoms with E-state index in [2.05, 4.69) is 4.72 Å². The highest BCUT2D eigenvalue weighted by atomic mass is 32.2. The molecule has 1 aliphatic carbocycles. The van der Waals surface area contributed by atoms with E-state index < -0.39 is 10.0 Å². The lowest BCUT2D eigenvalue weighted by Gasteiger charge is -2.22. The zero-order chi connectivity index (χ0) is 18.7. The molecule has 0 heterocycles. The van der Waals surface area contributed by atoms with Crippen LogP contribution in [0.2, 0.25) is 0 Å². The molecule has 0 amide bonds. The molecule has 0 unspecified atom stereocenters. The van der Waals surface area contributed by atoms with E-state index >= 15 is 0 Å². The lowest BCUT2D eigenvalue weighted by Crippen LogP contribution is -2.29. The molecule has 0 bridgehead atoms. The van der Waals surface area contributed by atoms with Crippen LogP contribution in [-0.4, -0.2) is 15.5 Å². The quantitative estimate of drug-likeness (QED) is 0.821. The summed E-state index contributed by atoms with van der Waals surface area (Å²) < 4.78 is 34.6. The lowest BCUT2D eigenvalue weighted by atomic mass is 9.92. The Hall–Kier alpha value is -1.85. The molecule has 0 saturated heterocycles. The molecular weight excluding hydrogens is 346 g/mol. The van der Waals surface area contributed by atoms with Crippen LogP contribution in [0.5, 0.6) is 5.75 Å². The number of aryl methyl sites for hydroxylation is 3. The molecule has 1 N–H and O–H groups in total. The Morgan fingerprint density at radius 2 is 1.77 bits per heavy atom. The Morgan fingerprint density at radius 1 is 1.12 bits per heavy atom. The fraction of sp³-hybridized carbons (Fsp3) is 0.429. The number of rotatable bonds is 6. The van der Waals surface area contributed by atoms with Crippen LogP contribution in [0.15, 0.2) is 41.3 Å². The smallest absolute Gasteiger partial charge is 0.244 e. The fourth-order valence-corrected chi connectivity index (χ4v) is 5.20. The molecule has 0 radical (unpaired) electrons. The summed E-state index contributed by atoms with van der Waals surface area (Å²) in [4.78, 5) is 0.243. The van der Waals surface area contributed by atoms with E-state index in [1.807, 2.05) is 44.2 Å². The van der Waals surface area contributed by atoms with Gasteiger partial charge in [-0.25, -0.2) is 13.1 Å². The van der Waals surface area contributed by atoms with Crippen molar-refractivity contribution in [2.75, 3.05) is 7.11 Å². The molecule has 0 aromatic heterocycles. The predicted octanol–water partition coefficient (Wildman–Crippen LogP) is 4.31. The van der Waals surface area contributed by atoms with E-state index in [1.54, 1.807) is 6.07 Å². The molecule has 2 aromatic rings. The average Bonchev–Trinajstić information content (AvgIpc) is 2.65. The van der Waals surface area contributed by atoms with Gasteiger partial charge in [0.15, 0.2) is 0 Å². The van der Waals surface area contributed by atoms with Gasteiger partial charge in [0.1, 0.15) is 10.6 Å². The molecule has 140 valence electrons. The zero-order valence-corrected chi connectivity index (χ0v) is 16.5. The maximum Gasteiger partial charge on any atom is 0.244 e. The SMILES string of the molecule is CC[C@@H](NS(=O)(=O)c1cc2c(cc1OC)CCCC2)c1ccccc1C. The van der Waals surface area contributed by atoms with Crippen molar-refractivity contribution in [3.8, 4) is 5.75 Å². The summed E-state index contributed by atoms with van der Waals surface area (Å²) in [7, 11) is -2.16. The average molecular weight is 374 g/mol. The summed E-state index contributed by atoms with van der Waals surface area (Å²) in [5.74, 6) is 0.429. The number of hydrogen-bond acceptors (Lipinski definition) is 3. The Labute approximate surface area is 156 Å². The van der Waals surface area contributed by atoms with E-state index in [0.29, 0.717) is 12.2 Å². The lowest BCUT2D eigenvalue weighted by molar-refractivity contribution is 0.400. The van der Waals surface area contributed by atoms with Crippen LogP contribution < -0.4 is 9.46 Å². The molecular formula is C21H27NO3S. The van der Waals surface area contributed by atoms with Gasteiger partial charge in [-0.2, -0.15) is 0 Å². The molecule has 1 aliphatic rings. The molecule has 5 heteroatoms. The third-order valence-corrected chi connectivity index (χ3v) is 6.68. The van der Waals surface area contributed by atoms with E-state index in [9.17, 15) is 8.42 Å². The molecule has 0 aliphatic heterocycles. The van der Waals surface area contributed by atoms with Crippen molar-refractivity contribution < 1.29 is 13.2 Å². The number of methoxy groups -OCH3 is 1. The second-order valence-corrected chi connectivity index (χ2v) is 8.60. The molecule has 0 spiro atoms. The van der Waals surface area contributed by atoms with E-state index in [1.165, 1.54) is 12.7 Å².